The molecule has 2 N–H and O–H groups in total. The minimum atomic E-state index is -0.435. The van der Waals surface area contributed by atoms with Gasteiger partial charge in [-0.25, -0.2) is 0 Å². The van der Waals surface area contributed by atoms with Gasteiger partial charge in [-0.05, 0) is 36.3 Å². The number of nitrogens with zero attached hydrogens (tertiary/aromatic N) is 1. The fraction of sp³-hybridized carbons (Fsp3) is 0.0952. The van der Waals surface area contributed by atoms with Gasteiger partial charge in [0.25, 0.3) is 5.91 Å². The second kappa shape index (κ2) is 8.86. The molecule has 28 heavy (non-hydrogen) atoms. The van der Waals surface area contributed by atoms with E-state index in [0.29, 0.717) is 9.23 Å². The summed E-state index contributed by atoms with van der Waals surface area (Å²) in [6.07, 6.45) is 3.74. The third-order valence-electron chi connectivity index (χ3n) is 3.91. The molecule has 5 nitrogen and oxygen atoms in total. The Kier molecular flexibility index (Phi) is 6.28. The van der Waals surface area contributed by atoms with Crippen LogP contribution in [-0.4, -0.2) is 32.7 Å². The van der Waals surface area contributed by atoms with Crippen LogP contribution in [0.2, 0.25) is 0 Å². The van der Waals surface area contributed by atoms with Crippen LogP contribution in [-0.2, 0) is 9.59 Å². The van der Waals surface area contributed by atoms with Crippen LogP contribution in [0, 0.1) is 0 Å². The Balaban J connectivity index is 1.68. The van der Waals surface area contributed by atoms with E-state index in [1.54, 1.807) is 24.3 Å². The van der Waals surface area contributed by atoms with E-state index in [4.69, 9.17) is 12.2 Å². The van der Waals surface area contributed by atoms with Gasteiger partial charge in [0.15, 0.2) is 0 Å². The molecule has 0 radical (unpaired) electrons. The van der Waals surface area contributed by atoms with Crippen LogP contribution in [0.4, 0.5) is 5.69 Å². The summed E-state index contributed by atoms with van der Waals surface area (Å²) in [7, 11) is 0. The number of rotatable bonds is 5. The highest BCUT2D eigenvalue weighted by Gasteiger charge is 2.33. The lowest BCUT2D eigenvalue weighted by Gasteiger charge is -2.14. The largest absolute Gasteiger partial charge is 0.506 e. The molecule has 7 heteroatoms. The molecule has 1 heterocycles. The van der Waals surface area contributed by atoms with Gasteiger partial charge in [-0.1, -0.05) is 72.5 Å². The molecule has 1 fully saturated rings. The molecule has 2 aromatic rings. The van der Waals surface area contributed by atoms with E-state index in [1.165, 1.54) is 22.7 Å². The number of hydrogen-bond acceptors (Lipinski definition) is 5. The molecule has 2 amide bonds. The van der Waals surface area contributed by atoms with E-state index in [-0.39, 0.29) is 23.9 Å². The highest BCUT2D eigenvalue weighted by molar-refractivity contribution is 8.26. The third-order valence-corrected chi connectivity index (χ3v) is 5.28. The highest BCUT2D eigenvalue weighted by Crippen LogP contribution is 2.32. The Morgan fingerprint density at radius 1 is 1.18 bits per heavy atom. The monoisotopic (exact) mass is 410 g/mol. The minimum absolute atomic E-state index is 0.0391. The quantitative estimate of drug-likeness (QED) is 0.440. The molecule has 0 spiro atoms. The lowest BCUT2D eigenvalue weighted by Crippen LogP contribution is -2.36. The number of amides is 2. The fourth-order valence-corrected chi connectivity index (χ4v) is 3.91. The topological polar surface area (TPSA) is 69.6 Å². The molecular weight excluding hydrogens is 392 g/mol. The molecule has 0 bridgehead atoms. The lowest BCUT2D eigenvalue weighted by molar-refractivity contribution is -0.126. The number of phenolic OH excluding ortho intramolecular Hbond substituents is 1. The molecule has 2 aromatic carbocycles. The van der Waals surface area contributed by atoms with Crippen molar-refractivity contribution in [2.45, 2.75) is 6.92 Å². The molecule has 3 rings (SSSR count). The van der Waals surface area contributed by atoms with Crippen LogP contribution in [0.15, 0.2) is 71.2 Å². The number of allylic oxidation sites excluding steroid dienone is 2. The number of para-hydroxylation sites is 2. The van der Waals surface area contributed by atoms with Crippen LogP contribution in [0.3, 0.4) is 0 Å². The van der Waals surface area contributed by atoms with Crippen molar-refractivity contribution < 1.29 is 14.7 Å². The van der Waals surface area contributed by atoms with Crippen LogP contribution in [0.25, 0.3) is 6.08 Å². The van der Waals surface area contributed by atoms with Gasteiger partial charge in [0, 0.05) is 0 Å². The first-order valence-electron chi connectivity index (χ1n) is 8.50. The second-order valence-corrected chi connectivity index (χ2v) is 7.81. The van der Waals surface area contributed by atoms with Crippen molar-refractivity contribution in [3.8, 4) is 5.75 Å². The Hall–Kier alpha value is -2.90. The fourth-order valence-electron chi connectivity index (χ4n) is 2.61. The van der Waals surface area contributed by atoms with Gasteiger partial charge in [0.2, 0.25) is 5.91 Å². The summed E-state index contributed by atoms with van der Waals surface area (Å²) in [4.78, 5) is 26.7. The van der Waals surface area contributed by atoms with Crippen LogP contribution in [0.1, 0.15) is 12.5 Å². The summed E-state index contributed by atoms with van der Waals surface area (Å²) >= 11 is 6.44. The number of aromatic hydroxyl groups is 1. The van der Waals surface area contributed by atoms with E-state index in [2.05, 4.69) is 5.32 Å². The zero-order valence-corrected chi connectivity index (χ0v) is 16.7. The van der Waals surface area contributed by atoms with Gasteiger partial charge in [-0.3, -0.25) is 14.5 Å². The average Bonchev–Trinajstić information content (AvgIpc) is 2.91. The Labute approximate surface area is 172 Å². The number of thiocarbonyl (C=S) groups is 1. The third kappa shape index (κ3) is 4.88. The van der Waals surface area contributed by atoms with Crippen molar-refractivity contribution >= 4 is 51.9 Å². The van der Waals surface area contributed by atoms with E-state index in [0.717, 1.165) is 11.1 Å². The molecular formula is C21H18N2O3S2. The van der Waals surface area contributed by atoms with Crippen molar-refractivity contribution in [1.29, 1.82) is 0 Å². The van der Waals surface area contributed by atoms with Crippen molar-refractivity contribution in [3.05, 3.63) is 76.7 Å². The SMILES string of the molecule is CC(=Cc1ccccc1)C=C1SC(=S)N(CC(=O)Nc2ccccc2O)C1=O. The summed E-state index contributed by atoms with van der Waals surface area (Å²) in [5.74, 6) is -0.776. The first kappa shape index (κ1) is 19.9. The van der Waals surface area contributed by atoms with E-state index in [9.17, 15) is 14.7 Å². The zero-order valence-electron chi connectivity index (χ0n) is 15.1. The maximum Gasteiger partial charge on any atom is 0.266 e. The summed E-state index contributed by atoms with van der Waals surface area (Å²) in [6, 6.07) is 16.2. The first-order chi connectivity index (χ1) is 13.4. The van der Waals surface area contributed by atoms with Gasteiger partial charge in [-0.15, -0.1) is 0 Å². The highest BCUT2D eigenvalue weighted by atomic mass is 32.2. The number of benzene rings is 2. The summed E-state index contributed by atoms with van der Waals surface area (Å²) in [5, 5.41) is 12.3. The Morgan fingerprint density at radius 3 is 2.57 bits per heavy atom. The van der Waals surface area contributed by atoms with Crippen LogP contribution >= 0.6 is 24.0 Å². The zero-order chi connectivity index (χ0) is 20.1. The van der Waals surface area contributed by atoms with Crippen LogP contribution < -0.4 is 5.32 Å². The Morgan fingerprint density at radius 2 is 1.86 bits per heavy atom. The number of thioether (sulfide) groups is 1. The van der Waals surface area contributed by atoms with Gasteiger partial charge in [0.05, 0.1) is 10.6 Å². The molecule has 142 valence electrons. The van der Waals surface area contributed by atoms with E-state index >= 15 is 0 Å². The van der Waals surface area contributed by atoms with Gasteiger partial charge < -0.3 is 10.4 Å². The number of nitrogens with one attached hydrogen (secondary N) is 1. The molecule has 0 atom stereocenters. The molecule has 1 aliphatic rings. The number of carbonyl (C=O) groups is 2. The summed E-state index contributed by atoms with van der Waals surface area (Å²) < 4.78 is 0.330. The lowest BCUT2D eigenvalue weighted by atomic mass is 10.1. The van der Waals surface area contributed by atoms with E-state index < -0.39 is 5.91 Å². The maximum absolute atomic E-state index is 12.7. The minimum Gasteiger partial charge on any atom is -0.506 e. The average molecular weight is 411 g/mol. The van der Waals surface area contributed by atoms with Crippen molar-refractivity contribution in [2.24, 2.45) is 0 Å². The first-order valence-corrected chi connectivity index (χ1v) is 9.73. The predicted molar refractivity (Wildman–Crippen MR) is 117 cm³/mol. The summed E-state index contributed by atoms with van der Waals surface area (Å²) in [5.41, 5.74) is 2.23. The van der Waals surface area contributed by atoms with Crippen molar-refractivity contribution in [1.82, 2.24) is 4.90 Å². The molecule has 1 aliphatic heterocycles. The predicted octanol–water partition coefficient (Wildman–Crippen LogP) is 4.18. The van der Waals surface area contributed by atoms with Gasteiger partial charge in [-0.2, -0.15) is 0 Å². The molecule has 1 saturated heterocycles. The molecule has 0 saturated carbocycles. The van der Waals surface area contributed by atoms with Gasteiger partial charge in [0.1, 0.15) is 16.6 Å². The maximum atomic E-state index is 12.7. The molecule has 0 unspecified atom stereocenters. The molecule has 0 aromatic heterocycles. The number of carbonyl (C=O) groups excluding carboxylic acids is 2. The smallest absolute Gasteiger partial charge is 0.266 e. The number of hydrogen-bond donors (Lipinski definition) is 2. The normalized spacial score (nSPS) is 16.0. The number of phenols is 1. The van der Waals surface area contributed by atoms with Crippen molar-refractivity contribution in [2.75, 3.05) is 11.9 Å². The second-order valence-electron chi connectivity index (χ2n) is 6.13. The summed E-state index contributed by atoms with van der Waals surface area (Å²) in [6.45, 7) is 1.70. The van der Waals surface area contributed by atoms with Crippen molar-refractivity contribution in [3.63, 3.8) is 0 Å². The number of anilines is 1. The molecule has 0 aliphatic carbocycles. The van der Waals surface area contributed by atoms with Gasteiger partial charge >= 0.3 is 0 Å². The van der Waals surface area contributed by atoms with Crippen LogP contribution in [0.5, 0.6) is 5.75 Å². The standard InChI is InChI=1S/C21H18N2O3S2/c1-14(11-15-7-3-2-4-8-15)12-18-20(26)23(21(27)28-18)13-19(25)22-16-9-5-6-10-17(16)24/h2-12,24H,13H2,1H3,(H,22,25). The van der Waals surface area contributed by atoms with E-state index in [1.807, 2.05) is 43.3 Å². The Bertz CT molecular complexity index is 984.